The standard InChI is InChI=1S/C23H27NO8/c1-23(2)31-19-18(14-27-3)30-22(29-17-11-9-16(10-12-17)24(25)26)21(20(19)32-23)28-13-15-7-5-4-6-8-15/h4-12,18-22H,13-14H2,1-3H3/t18-,19+,20+,21-,22-/m1/s1. The van der Waals surface area contributed by atoms with E-state index in [2.05, 4.69) is 0 Å². The van der Waals surface area contributed by atoms with Gasteiger partial charge in [0, 0.05) is 19.2 Å². The molecule has 9 nitrogen and oxygen atoms in total. The van der Waals surface area contributed by atoms with Crippen molar-refractivity contribution < 1.29 is 33.3 Å². The van der Waals surface area contributed by atoms with Crippen molar-refractivity contribution in [2.24, 2.45) is 0 Å². The van der Waals surface area contributed by atoms with Crippen LogP contribution in [0.2, 0.25) is 0 Å². The second-order valence-electron chi connectivity index (χ2n) is 8.19. The van der Waals surface area contributed by atoms with Crippen molar-refractivity contribution in [2.45, 2.75) is 56.9 Å². The van der Waals surface area contributed by atoms with Gasteiger partial charge in [-0.3, -0.25) is 10.1 Å². The molecule has 0 amide bonds. The van der Waals surface area contributed by atoms with Crippen LogP contribution >= 0.6 is 0 Å². The summed E-state index contributed by atoms with van der Waals surface area (Å²) in [5.74, 6) is -0.400. The SMILES string of the molecule is COC[C@H]1O[C@@H](Oc2ccc([N+](=O)[O-])cc2)[C@H](OCc2ccccc2)[C@H]2OC(C)(C)O[C@H]21. The highest BCUT2D eigenvalue weighted by molar-refractivity contribution is 5.36. The van der Waals surface area contributed by atoms with Crippen LogP contribution in [0.25, 0.3) is 0 Å². The molecule has 5 atom stereocenters. The minimum atomic E-state index is -0.834. The molecule has 2 aliphatic rings. The van der Waals surface area contributed by atoms with Crippen LogP contribution in [0.5, 0.6) is 5.75 Å². The smallest absolute Gasteiger partial charge is 0.269 e. The van der Waals surface area contributed by atoms with E-state index in [-0.39, 0.29) is 12.3 Å². The Bertz CT molecular complexity index is 904. The first-order valence-electron chi connectivity index (χ1n) is 10.4. The van der Waals surface area contributed by atoms with E-state index in [1.165, 1.54) is 24.3 Å². The molecule has 2 heterocycles. The number of nitro benzene ring substituents is 1. The van der Waals surface area contributed by atoms with Gasteiger partial charge >= 0.3 is 0 Å². The van der Waals surface area contributed by atoms with Gasteiger partial charge in [-0.1, -0.05) is 30.3 Å². The highest BCUT2D eigenvalue weighted by Crippen LogP contribution is 2.39. The molecular weight excluding hydrogens is 418 g/mol. The summed E-state index contributed by atoms with van der Waals surface area (Å²) in [7, 11) is 1.59. The number of fused-ring (bicyclic) bond motifs is 1. The molecule has 172 valence electrons. The first-order chi connectivity index (χ1) is 15.4. The van der Waals surface area contributed by atoms with Gasteiger partial charge in [0.2, 0.25) is 6.29 Å². The fraction of sp³-hybridized carbons (Fsp3) is 0.478. The van der Waals surface area contributed by atoms with Gasteiger partial charge in [-0.15, -0.1) is 0 Å². The zero-order valence-corrected chi connectivity index (χ0v) is 18.2. The molecule has 0 unspecified atom stereocenters. The molecule has 0 N–H and O–H groups in total. The molecule has 2 saturated heterocycles. The first-order valence-corrected chi connectivity index (χ1v) is 10.4. The fourth-order valence-electron chi connectivity index (χ4n) is 3.95. The van der Waals surface area contributed by atoms with Crippen LogP contribution in [0, 0.1) is 10.1 Å². The molecule has 9 heteroatoms. The number of nitrogens with zero attached hydrogens (tertiary/aromatic N) is 1. The van der Waals surface area contributed by atoms with Crippen molar-refractivity contribution in [2.75, 3.05) is 13.7 Å². The largest absolute Gasteiger partial charge is 0.462 e. The van der Waals surface area contributed by atoms with Crippen molar-refractivity contribution in [1.82, 2.24) is 0 Å². The molecule has 2 aromatic carbocycles. The lowest BCUT2D eigenvalue weighted by Crippen LogP contribution is -2.59. The van der Waals surface area contributed by atoms with Gasteiger partial charge < -0.3 is 28.4 Å². The van der Waals surface area contributed by atoms with Gasteiger partial charge in [-0.25, -0.2) is 0 Å². The maximum Gasteiger partial charge on any atom is 0.269 e. The van der Waals surface area contributed by atoms with E-state index in [1.54, 1.807) is 7.11 Å². The van der Waals surface area contributed by atoms with E-state index >= 15 is 0 Å². The third kappa shape index (κ3) is 5.08. The van der Waals surface area contributed by atoms with Crippen molar-refractivity contribution in [3.05, 3.63) is 70.3 Å². The molecule has 0 spiro atoms. The predicted molar refractivity (Wildman–Crippen MR) is 113 cm³/mol. The van der Waals surface area contributed by atoms with Crippen LogP contribution in [0.4, 0.5) is 5.69 Å². The summed E-state index contributed by atoms with van der Waals surface area (Å²) in [5, 5.41) is 11.0. The van der Waals surface area contributed by atoms with Gasteiger partial charge in [0.05, 0.1) is 18.1 Å². The molecule has 4 rings (SSSR count). The molecule has 0 bridgehead atoms. The Balaban J connectivity index is 1.58. The molecule has 0 saturated carbocycles. The molecule has 32 heavy (non-hydrogen) atoms. The summed E-state index contributed by atoms with van der Waals surface area (Å²) >= 11 is 0. The molecule has 2 aromatic rings. The Kier molecular flexibility index (Phi) is 6.73. The van der Waals surface area contributed by atoms with Crippen LogP contribution in [-0.2, 0) is 30.3 Å². The molecule has 2 aliphatic heterocycles. The molecule has 2 fully saturated rings. The van der Waals surface area contributed by atoms with Crippen LogP contribution in [0.3, 0.4) is 0 Å². The van der Waals surface area contributed by atoms with Gasteiger partial charge in [0.15, 0.2) is 5.79 Å². The topological polar surface area (TPSA) is 98.5 Å². The summed E-state index contributed by atoms with van der Waals surface area (Å²) in [6.45, 7) is 4.30. The van der Waals surface area contributed by atoms with E-state index in [4.69, 9.17) is 28.4 Å². The average Bonchev–Trinajstić information content (AvgIpc) is 3.10. The monoisotopic (exact) mass is 445 g/mol. The zero-order valence-electron chi connectivity index (χ0n) is 18.2. The Morgan fingerprint density at radius 2 is 1.72 bits per heavy atom. The minimum Gasteiger partial charge on any atom is -0.462 e. The van der Waals surface area contributed by atoms with E-state index in [1.807, 2.05) is 44.2 Å². The summed E-state index contributed by atoms with van der Waals surface area (Å²) < 4.78 is 36.2. The lowest BCUT2D eigenvalue weighted by Gasteiger charge is -2.41. The minimum absolute atomic E-state index is 0.0228. The Morgan fingerprint density at radius 3 is 2.38 bits per heavy atom. The number of non-ortho nitro benzene ring substituents is 1. The molecule has 0 radical (unpaired) electrons. The van der Waals surface area contributed by atoms with E-state index in [0.29, 0.717) is 12.4 Å². The Hall–Kier alpha value is -2.56. The number of methoxy groups -OCH3 is 1. The second-order valence-corrected chi connectivity index (χ2v) is 8.19. The van der Waals surface area contributed by atoms with Crippen molar-refractivity contribution in [3.63, 3.8) is 0 Å². The van der Waals surface area contributed by atoms with Crippen LogP contribution in [-0.4, -0.2) is 55.1 Å². The normalized spacial score (nSPS) is 28.8. The average molecular weight is 445 g/mol. The van der Waals surface area contributed by atoms with Gasteiger partial charge in [0.25, 0.3) is 5.69 Å². The Morgan fingerprint density at radius 1 is 1.03 bits per heavy atom. The summed E-state index contributed by atoms with van der Waals surface area (Å²) in [6.07, 6.45) is -2.73. The maximum atomic E-state index is 11.0. The zero-order chi connectivity index (χ0) is 22.7. The number of rotatable bonds is 8. The highest BCUT2D eigenvalue weighted by Gasteiger charge is 2.56. The first kappa shape index (κ1) is 22.6. The lowest BCUT2D eigenvalue weighted by atomic mass is 9.99. The fourth-order valence-corrected chi connectivity index (χ4v) is 3.95. The van der Waals surface area contributed by atoms with Gasteiger partial charge in [-0.2, -0.15) is 0 Å². The molecule has 0 aromatic heterocycles. The third-order valence-corrected chi connectivity index (χ3v) is 5.35. The quantitative estimate of drug-likeness (QED) is 0.450. The van der Waals surface area contributed by atoms with Crippen molar-refractivity contribution >= 4 is 5.69 Å². The van der Waals surface area contributed by atoms with Gasteiger partial charge in [-0.05, 0) is 31.5 Å². The summed E-state index contributed by atoms with van der Waals surface area (Å²) in [5.41, 5.74) is 0.973. The highest BCUT2D eigenvalue weighted by atomic mass is 16.8. The third-order valence-electron chi connectivity index (χ3n) is 5.35. The second kappa shape index (κ2) is 9.51. The number of nitro groups is 1. The van der Waals surface area contributed by atoms with Crippen LogP contribution in [0.1, 0.15) is 19.4 Å². The van der Waals surface area contributed by atoms with Crippen molar-refractivity contribution in [1.29, 1.82) is 0 Å². The predicted octanol–water partition coefficient (Wildman–Crippen LogP) is 3.45. The lowest BCUT2D eigenvalue weighted by molar-refractivity contribution is -0.384. The van der Waals surface area contributed by atoms with E-state index < -0.39 is 41.4 Å². The van der Waals surface area contributed by atoms with Crippen molar-refractivity contribution in [3.8, 4) is 5.75 Å². The maximum absolute atomic E-state index is 11.0. The van der Waals surface area contributed by atoms with E-state index in [0.717, 1.165) is 5.56 Å². The van der Waals surface area contributed by atoms with Gasteiger partial charge in [0.1, 0.15) is 30.2 Å². The molecule has 0 aliphatic carbocycles. The number of ether oxygens (including phenoxy) is 6. The van der Waals surface area contributed by atoms with Crippen LogP contribution < -0.4 is 4.74 Å². The Labute approximate surface area is 186 Å². The molecular formula is C23H27NO8. The summed E-state index contributed by atoms with van der Waals surface area (Å²) in [4.78, 5) is 10.5. The summed E-state index contributed by atoms with van der Waals surface area (Å²) in [6, 6.07) is 15.6. The van der Waals surface area contributed by atoms with Crippen LogP contribution in [0.15, 0.2) is 54.6 Å². The number of hydrogen-bond acceptors (Lipinski definition) is 8. The number of hydrogen-bond donors (Lipinski definition) is 0. The van der Waals surface area contributed by atoms with E-state index in [9.17, 15) is 10.1 Å². The number of benzene rings is 2.